The van der Waals surface area contributed by atoms with Gasteiger partial charge in [-0.1, -0.05) is 77.8 Å². The second-order valence-electron chi connectivity index (χ2n) is 3.62. The predicted octanol–water partition coefficient (Wildman–Crippen LogP) is 5.33. The van der Waals surface area contributed by atoms with Crippen molar-refractivity contribution in [3.63, 3.8) is 0 Å². The molecule has 2 aromatic carbocycles. The van der Waals surface area contributed by atoms with Gasteiger partial charge in [0.25, 0.3) is 0 Å². The van der Waals surface area contributed by atoms with Gasteiger partial charge in [-0.3, -0.25) is 0 Å². The Bertz CT molecular complexity index is 480. The fourth-order valence-electron chi connectivity index (χ4n) is 1.69. The standard InChI is InChI=1S/C14H10Cl3/c15-13(10-6-2-1-3-7-10)11-8-4-5-9-12(11)14(16)17/h1-9,13H. The van der Waals surface area contributed by atoms with Gasteiger partial charge in [0, 0.05) is 0 Å². The molecule has 0 fully saturated rings. The van der Waals surface area contributed by atoms with Crippen LogP contribution in [0.4, 0.5) is 0 Å². The molecule has 17 heavy (non-hydrogen) atoms. The molecule has 0 nitrogen and oxygen atoms in total. The lowest BCUT2D eigenvalue weighted by Crippen LogP contribution is -1.98. The van der Waals surface area contributed by atoms with Crippen molar-refractivity contribution < 1.29 is 0 Å². The molecule has 1 atom stereocenters. The zero-order chi connectivity index (χ0) is 12.3. The Hall–Kier alpha value is -0.690. The molecule has 0 aliphatic heterocycles. The Kier molecular flexibility index (Phi) is 4.33. The summed E-state index contributed by atoms with van der Waals surface area (Å²) in [5, 5.41) is -0.250. The summed E-state index contributed by atoms with van der Waals surface area (Å²) in [5.41, 5.74) is 2.72. The van der Waals surface area contributed by atoms with Crippen LogP contribution in [0.1, 0.15) is 22.1 Å². The highest BCUT2D eigenvalue weighted by atomic mass is 35.5. The summed E-state index contributed by atoms with van der Waals surface area (Å²) >= 11 is 18.2. The summed E-state index contributed by atoms with van der Waals surface area (Å²) in [7, 11) is 0. The second kappa shape index (κ2) is 5.77. The van der Waals surface area contributed by atoms with E-state index < -0.39 is 0 Å². The molecule has 87 valence electrons. The van der Waals surface area contributed by atoms with Crippen LogP contribution in [0.5, 0.6) is 0 Å². The van der Waals surface area contributed by atoms with Gasteiger partial charge in [0.1, 0.15) is 0 Å². The fourth-order valence-corrected chi connectivity index (χ4v) is 2.37. The first-order chi connectivity index (χ1) is 8.20. The van der Waals surface area contributed by atoms with E-state index in [1.54, 1.807) is 0 Å². The van der Waals surface area contributed by atoms with Crippen LogP contribution in [0.2, 0.25) is 0 Å². The van der Waals surface area contributed by atoms with E-state index in [0.29, 0.717) is 0 Å². The van der Waals surface area contributed by atoms with Gasteiger partial charge >= 0.3 is 0 Å². The lowest BCUT2D eigenvalue weighted by atomic mass is 10.00. The van der Waals surface area contributed by atoms with Crippen LogP contribution in [0.3, 0.4) is 0 Å². The first kappa shape index (κ1) is 12.8. The molecule has 1 unspecified atom stereocenters. The van der Waals surface area contributed by atoms with Crippen molar-refractivity contribution in [3.05, 3.63) is 76.1 Å². The molecule has 2 aromatic rings. The van der Waals surface area contributed by atoms with Crippen molar-refractivity contribution in [3.8, 4) is 0 Å². The molecule has 0 aromatic heterocycles. The van der Waals surface area contributed by atoms with Crippen molar-refractivity contribution in [2.24, 2.45) is 0 Å². The highest BCUT2D eigenvalue weighted by molar-refractivity contribution is 6.54. The van der Waals surface area contributed by atoms with E-state index in [-0.39, 0.29) is 10.2 Å². The number of alkyl halides is 1. The lowest BCUT2D eigenvalue weighted by Gasteiger charge is -2.15. The smallest absolute Gasteiger partial charge is 0.113 e. The molecule has 0 saturated heterocycles. The van der Waals surface area contributed by atoms with Crippen molar-refractivity contribution in [1.82, 2.24) is 0 Å². The van der Waals surface area contributed by atoms with Crippen LogP contribution in [0, 0.1) is 4.84 Å². The van der Waals surface area contributed by atoms with Crippen LogP contribution in [-0.2, 0) is 0 Å². The summed E-state index contributed by atoms with van der Waals surface area (Å²) in [6.45, 7) is 0. The number of hydrogen-bond donors (Lipinski definition) is 0. The molecule has 1 radical (unpaired) electrons. The van der Waals surface area contributed by atoms with E-state index in [9.17, 15) is 0 Å². The quantitative estimate of drug-likeness (QED) is 0.668. The molecule has 0 N–H and O–H groups in total. The molecule has 0 aliphatic carbocycles. The largest absolute Gasteiger partial charge is 0.180 e. The van der Waals surface area contributed by atoms with Crippen LogP contribution >= 0.6 is 34.8 Å². The van der Waals surface area contributed by atoms with Crippen LogP contribution in [0.25, 0.3) is 0 Å². The van der Waals surface area contributed by atoms with E-state index in [4.69, 9.17) is 34.8 Å². The molecule has 0 spiro atoms. The molecule has 0 aliphatic rings. The molecular formula is C14H10Cl3. The Balaban J connectivity index is 2.41. The maximum Gasteiger partial charge on any atom is 0.180 e. The lowest BCUT2D eigenvalue weighted by molar-refractivity contribution is 1.12. The molecule has 0 bridgehead atoms. The Morgan fingerprint density at radius 3 is 2.06 bits per heavy atom. The summed E-state index contributed by atoms with van der Waals surface area (Å²) < 4.78 is 0. The molecule has 3 heteroatoms. The number of rotatable bonds is 3. The van der Waals surface area contributed by atoms with E-state index in [1.807, 2.05) is 54.6 Å². The minimum atomic E-state index is -0.250. The van der Waals surface area contributed by atoms with Crippen LogP contribution < -0.4 is 0 Å². The Morgan fingerprint density at radius 1 is 0.824 bits per heavy atom. The predicted molar refractivity (Wildman–Crippen MR) is 74.6 cm³/mol. The summed E-state index contributed by atoms with van der Waals surface area (Å²) in [4.78, 5) is 0.238. The summed E-state index contributed by atoms with van der Waals surface area (Å²) in [6, 6.07) is 17.4. The number of benzene rings is 2. The Morgan fingerprint density at radius 2 is 1.41 bits per heavy atom. The first-order valence-corrected chi connectivity index (χ1v) is 6.35. The van der Waals surface area contributed by atoms with Gasteiger partial charge in [-0.15, -0.1) is 11.6 Å². The number of halogens is 3. The highest BCUT2D eigenvalue weighted by Crippen LogP contribution is 2.36. The molecule has 0 amide bonds. The summed E-state index contributed by atoms with van der Waals surface area (Å²) in [6.07, 6.45) is 0. The monoisotopic (exact) mass is 283 g/mol. The van der Waals surface area contributed by atoms with E-state index in [0.717, 1.165) is 16.7 Å². The zero-order valence-corrected chi connectivity index (χ0v) is 11.2. The minimum absolute atomic E-state index is 0.238. The van der Waals surface area contributed by atoms with Gasteiger partial charge in [0.05, 0.1) is 5.38 Å². The SMILES string of the molecule is Cl[C](Cl)c1ccccc1C(Cl)c1ccccc1. The van der Waals surface area contributed by atoms with Gasteiger partial charge in [-0.25, -0.2) is 0 Å². The molecule has 2 rings (SSSR count). The summed E-state index contributed by atoms with van der Waals surface area (Å²) in [5.74, 6) is 0. The van der Waals surface area contributed by atoms with E-state index >= 15 is 0 Å². The van der Waals surface area contributed by atoms with Crippen molar-refractivity contribution in [1.29, 1.82) is 0 Å². The molecular weight excluding hydrogens is 275 g/mol. The van der Waals surface area contributed by atoms with Crippen molar-refractivity contribution in [2.75, 3.05) is 0 Å². The zero-order valence-electron chi connectivity index (χ0n) is 8.91. The van der Waals surface area contributed by atoms with Gasteiger partial charge < -0.3 is 0 Å². The first-order valence-electron chi connectivity index (χ1n) is 5.16. The maximum absolute atomic E-state index is 6.45. The topological polar surface area (TPSA) is 0 Å². The average molecular weight is 285 g/mol. The van der Waals surface area contributed by atoms with Crippen molar-refractivity contribution in [2.45, 2.75) is 5.38 Å². The molecule has 0 saturated carbocycles. The maximum atomic E-state index is 6.45. The molecule has 0 heterocycles. The van der Waals surface area contributed by atoms with E-state index in [2.05, 4.69) is 0 Å². The third kappa shape index (κ3) is 2.95. The van der Waals surface area contributed by atoms with Crippen molar-refractivity contribution >= 4 is 34.8 Å². The third-order valence-electron chi connectivity index (χ3n) is 2.53. The fraction of sp³-hybridized carbons (Fsp3) is 0.0714. The van der Waals surface area contributed by atoms with E-state index in [1.165, 1.54) is 0 Å². The van der Waals surface area contributed by atoms with Gasteiger partial charge in [0.2, 0.25) is 0 Å². The highest BCUT2D eigenvalue weighted by Gasteiger charge is 2.17. The Labute approximate surface area is 116 Å². The van der Waals surface area contributed by atoms with Gasteiger partial charge in [-0.05, 0) is 16.7 Å². The number of hydrogen-bond acceptors (Lipinski definition) is 0. The van der Waals surface area contributed by atoms with Crippen LogP contribution in [-0.4, -0.2) is 0 Å². The third-order valence-corrected chi connectivity index (χ3v) is 3.42. The minimum Gasteiger partial charge on any atom is -0.113 e. The normalized spacial score (nSPS) is 12.7. The average Bonchev–Trinajstić information content (AvgIpc) is 2.39. The second-order valence-corrected chi connectivity index (χ2v) is 5.01. The van der Waals surface area contributed by atoms with Gasteiger partial charge in [-0.2, -0.15) is 0 Å². The van der Waals surface area contributed by atoms with Crippen LogP contribution in [0.15, 0.2) is 54.6 Å². The van der Waals surface area contributed by atoms with Gasteiger partial charge in [0.15, 0.2) is 4.84 Å².